The summed E-state index contributed by atoms with van der Waals surface area (Å²) in [4.78, 5) is 12.1. The summed E-state index contributed by atoms with van der Waals surface area (Å²) in [5.41, 5.74) is 7.51. The Morgan fingerprint density at radius 1 is 0.864 bits per heavy atom. The molecule has 3 rings (SSSR count). The van der Waals surface area contributed by atoms with Gasteiger partial charge in [-0.25, -0.2) is 4.79 Å². The van der Waals surface area contributed by atoms with Crippen LogP contribution in [0.1, 0.15) is 0 Å². The molecule has 3 aromatic carbocycles. The molecule has 0 aliphatic rings. The van der Waals surface area contributed by atoms with Crippen LogP contribution in [-0.4, -0.2) is 11.1 Å². The highest BCUT2D eigenvalue weighted by Crippen LogP contribution is 2.29. The number of rotatable bonds is 2. The Balaban J connectivity index is 1.82. The highest BCUT2D eigenvalue weighted by molar-refractivity contribution is 6.07. The molecule has 5 nitrogen and oxygen atoms in total. The van der Waals surface area contributed by atoms with E-state index in [1.807, 2.05) is 6.07 Å². The molecule has 0 radical (unpaired) electrons. The minimum absolute atomic E-state index is 0.181. The van der Waals surface area contributed by atoms with Gasteiger partial charge < -0.3 is 21.5 Å². The molecule has 0 unspecified atom stereocenters. The molecule has 0 atom stereocenters. The van der Waals surface area contributed by atoms with E-state index < -0.39 is 0 Å². The van der Waals surface area contributed by atoms with E-state index in [2.05, 4.69) is 10.6 Å². The van der Waals surface area contributed by atoms with Gasteiger partial charge >= 0.3 is 6.03 Å². The van der Waals surface area contributed by atoms with Crippen LogP contribution in [0, 0.1) is 0 Å². The van der Waals surface area contributed by atoms with Gasteiger partial charge in [-0.05, 0) is 36.4 Å². The lowest BCUT2D eigenvalue weighted by molar-refractivity contribution is 0.262. The molecule has 0 heterocycles. The van der Waals surface area contributed by atoms with E-state index in [1.54, 1.807) is 54.6 Å². The van der Waals surface area contributed by atoms with Gasteiger partial charge in [0.15, 0.2) is 0 Å². The van der Waals surface area contributed by atoms with Crippen LogP contribution in [0.2, 0.25) is 0 Å². The van der Waals surface area contributed by atoms with Crippen LogP contribution in [0.3, 0.4) is 0 Å². The fourth-order valence-corrected chi connectivity index (χ4v) is 2.25. The van der Waals surface area contributed by atoms with Gasteiger partial charge in [-0.1, -0.05) is 24.3 Å². The maximum atomic E-state index is 12.1. The summed E-state index contributed by atoms with van der Waals surface area (Å²) in [5, 5.41) is 16.8. The van der Waals surface area contributed by atoms with Gasteiger partial charge in [0.25, 0.3) is 0 Å². The third-order valence-electron chi connectivity index (χ3n) is 3.32. The number of phenols is 1. The molecule has 0 fully saturated rings. The lowest BCUT2D eigenvalue weighted by Crippen LogP contribution is -2.19. The number of fused-ring (bicyclic) bond motifs is 1. The first kappa shape index (κ1) is 13.8. The van der Waals surface area contributed by atoms with Crippen molar-refractivity contribution in [3.05, 3.63) is 60.7 Å². The molecule has 0 saturated heterocycles. The second kappa shape index (κ2) is 5.65. The number of benzene rings is 3. The van der Waals surface area contributed by atoms with Crippen LogP contribution in [0.5, 0.6) is 5.75 Å². The predicted octanol–water partition coefficient (Wildman–Crippen LogP) is 3.77. The number of anilines is 3. The zero-order valence-electron chi connectivity index (χ0n) is 11.7. The SMILES string of the molecule is Nc1ccc(NC(=O)Nc2cccc3c(O)cccc23)cc1. The van der Waals surface area contributed by atoms with Crippen molar-refractivity contribution in [1.82, 2.24) is 0 Å². The lowest BCUT2D eigenvalue weighted by atomic mass is 10.1. The Kier molecular flexibility index (Phi) is 3.53. The summed E-state index contributed by atoms with van der Waals surface area (Å²) >= 11 is 0. The maximum Gasteiger partial charge on any atom is 0.323 e. The molecule has 0 aliphatic carbocycles. The summed E-state index contributed by atoms with van der Waals surface area (Å²) in [5.74, 6) is 0.181. The second-order valence-electron chi connectivity index (χ2n) is 4.88. The van der Waals surface area contributed by atoms with Gasteiger partial charge in [0, 0.05) is 22.1 Å². The molecule has 5 heteroatoms. The first-order valence-electron chi connectivity index (χ1n) is 6.78. The van der Waals surface area contributed by atoms with Gasteiger partial charge in [0.1, 0.15) is 5.75 Å². The normalized spacial score (nSPS) is 10.4. The molecule has 5 N–H and O–H groups in total. The van der Waals surface area contributed by atoms with E-state index in [9.17, 15) is 9.90 Å². The summed E-state index contributed by atoms with van der Waals surface area (Å²) < 4.78 is 0. The van der Waals surface area contributed by atoms with Crippen molar-refractivity contribution >= 4 is 33.9 Å². The topological polar surface area (TPSA) is 87.4 Å². The Morgan fingerprint density at radius 3 is 2.32 bits per heavy atom. The molecule has 0 bridgehead atoms. The molecule has 22 heavy (non-hydrogen) atoms. The molecular weight excluding hydrogens is 278 g/mol. The lowest BCUT2D eigenvalue weighted by Gasteiger charge is -2.11. The molecule has 2 amide bonds. The van der Waals surface area contributed by atoms with Gasteiger partial charge in [-0.15, -0.1) is 0 Å². The van der Waals surface area contributed by atoms with Gasteiger partial charge in [0.2, 0.25) is 0 Å². The number of nitrogens with one attached hydrogen (secondary N) is 2. The largest absolute Gasteiger partial charge is 0.507 e. The quantitative estimate of drug-likeness (QED) is 0.542. The minimum atomic E-state index is -0.361. The maximum absolute atomic E-state index is 12.1. The Hall–Kier alpha value is -3.21. The first-order valence-corrected chi connectivity index (χ1v) is 6.78. The van der Waals surface area contributed by atoms with Crippen molar-refractivity contribution < 1.29 is 9.90 Å². The summed E-state index contributed by atoms with van der Waals surface area (Å²) in [7, 11) is 0. The Labute approximate surface area is 127 Å². The predicted molar refractivity (Wildman–Crippen MR) is 89.1 cm³/mol. The average Bonchev–Trinajstić information content (AvgIpc) is 2.51. The molecule has 110 valence electrons. The van der Waals surface area contributed by atoms with Crippen molar-refractivity contribution in [2.24, 2.45) is 0 Å². The van der Waals surface area contributed by atoms with E-state index in [0.29, 0.717) is 22.4 Å². The molecular formula is C17H15N3O2. The van der Waals surface area contributed by atoms with Crippen LogP contribution in [-0.2, 0) is 0 Å². The molecule has 0 spiro atoms. The molecule has 0 aromatic heterocycles. The highest BCUT2D eigenvalue weighted by Gasteiger charge is 2.07. The van der Waals surface area contributed by atoms with Crippen LogP contribution in [0.4, 0.5) is 21.9 Å². The number of aromatic hydroxyl groups is 1. The zero-order valence-corrected chi connectivity index (χ0v) is 11.7. The monoisotopic (exact) mass is 293 g/mol. The number of carbonyl (C=O) groups is 1. The number of nitrogens with two attached hydrogens (primary N) is 1. The van der Waals surface area contributed by atoms with Gasteiger partial charge in [-0.3, -0.25) is 0 Å². The number of hydrogen-bond acceptors (Lipinski definition) is 3. The Morgan fingerprint density at radius 2 is 1.55 bits per heavy atom. The molecule has 0 aliphatic heterocycles. The second-order valence-corrected chi connectivity index (χ2v) is 4.88. The van der Waals surface area contributed by atoms with Crippen LogP contribution < -0.4 is 16.4 Å². The van der Waals surface area contributed by atoms with Crippen molar-refractivity contribution in [2.75, 3.05) is 16.4 Å². The Bertz CT molecular complexity index is 829. The van der Waals surface area contributed by atoms with Crippen molar-refractivity contribution in [1.29, 1.82) is 0 Å². The number of hydrogen-bond donors (Lipinski definition) is 4. The van der Waals surface area contributed by atoms with E-state index >= 15 is 0 Å². The number of carbonyl (C=O) groups excluding carboxylic acids is 1. The highest BCUT2D eigenvalue weighted by atomic mass is 16.3. The number of phenolic OH excluding ortho intramolecular Hbond substituents is 1. The minimum Gasteiger partial charge on any atom is -0.507 e. The molecule has 0 saturated carbocycles. The third-order valence-corrected chi connectivity index (χ3v) is 3.32. The zero-order chi connectivity index (χ0) is 15.5. The van der Waals surface area contributed by atoms with E-state index in [-0.39, 0.29) is 11.8 Å². The van der Waals surface area contributed by atoms with Crippen molar-refractivity contribution in [2.45, 2.75) is 0 Å². The fraction of sp³-hybridized carbons (Fsp3) is 0. The van der Waals surface area contributed by atoms with Crippen molar-refractivity contribution in [3.8, 4) is 5.75 Å². The fourth-order valence-electron chi connectivity index (χ4n) is 2.25. The van der Waals surface area contributed by atoms with Crippen LogP contribution in [0.25, 0.3) is 10.8 Å². The van der Waals surface area contributed by atoms with E-state index in [0.717, 1.165) is 5.39 Å². The number of urea groups is 1. The van der Waals surface area contributed by atoms with Crippen LogP contribution in [0.15, 0.2) is 60.7 Å². The molecule has 3 aromatic rings. The first-order chi connectivity index (χ1) is 10.6. The average molecular weight is 293 g/mol. The van der Waals surface area contributed by atoms with Crippen LogP contribution >= 0.6 is 0 Å². The smallest absolute Gasteiger partial charge is 0.323 e. The van der Waals surface area contributed by atoms with Gasteiger partial charge in [-0.2, -0.15) is 0 Å². The van der Waals surface area contributed by atoms with E-state index in [1.165, 1.54) is 0 Å². The standard InChI is InChI=1S/C17H15N3O2/c18-11-7-9-12(10-8-11)19-17(22)20-15-5-1-4-14-13(15)3-2-6-16(14)21/h1-10,21H,18H2,(H2,19,20,22). The number of amides is 2. The van der Waals surface area contributed by atoms with Crippen molar-refractivity contribution in [3.63, 3.8) is 0 Å². The summed E-state index contributed by atoms with van der Waals surface area (Å²) in [6.45, 7) is 0. The summed E-state index contributed by atoms with van der Waals surface area (Å²) in [6.07, 6.45) is 0. The van der Waals surface area contributed by atoms with E-state index in [4.69, 9.17) is 5.73 Å². The number of nitrogen functional groups attached to an aromatic ring is 1. The van der Waals surface area contributed by atoms with Gasteiger partial charge in [0.05, 0.1) is 5.69 Å². The third kappa shape index (κ3) is 2.78. The summed E-state index contributed by atoms with van der Waals surface area (Å²) in [6, 6.07) is 17.1.